The minimum Gasteiger partial charge on any atom is -0.490 e. The molecule has 0 bridgehead atoms. The van der Waals surface area contributed by atoms with Crippen LogP contribution in [-0.4, -0.2) is 35.4 Å². The first kappa shape index (κ1) is 18.5. The van der Waals surface area contributed by atoms with Crippen molar-refractivity contribution in [2.45, 2.75) is 6.92 Å². The summed E-state index contributed by atoms with van der Waals surface area (Å²) in [7, 11) is 1.69. The summed E-state index contributed by atoms with van der Waals surface area (Å²) in [6.45, 7) is 2.95. The standard InChI is InChI=1S/C20H19NO3S2/c1-14-5-3-4-6-17(14)24-12-11-23-16-9-7-15(8-10-16)13-18-19(22)21(2)20(25)26-18/h3-10,13H,11-12H2,1-2H3/b18-13-. The van der Waals surface area contributed by atoms with Crippen molar-refractivity contribution in [3.63, 3.8) is 0 Å². The van der Waals surface area contributed by atoms with Crippen molar-refractivity contribution >= 4 is 40.3 Å². The Kier molecular flexibility index (Phi) is 5.96. The van der Waals surface area contributed by atoms with Crippen LogP contribution in [0.2, 0.25) is 0 Å². The topological polar surface area (TPSA) is 38.8 Å². The second kappa shape index (κ2) is 8.38. The summed E-state index contributed by atoms with van der Waals surface area (Å²) in [5.74, 6) is 1.58. The molecule has 2 aromatic carbocycles. The molecule has 1 saturated heterocycles. The largest absolute Gasteiger partial charge is 0.490 e. The lowest BCUT2D eigenvalue weighted by Gasteiger charge is -2.10. The number of thiocarbonyl (C=S) groups is 1. The molecule has 1 heterocycles. The van der Waals surface area contributed by atoms with Gasteiger partial charge in [-0.2, -0.15) is 0 Å². The second-order valence-electron chi connectivity index (χ2n) is 5.77. The minimum absolute atomic E-state index is 0.0614. The van der Waals surface area contributed by atoms with Crippen molar-refractivity contribution in [2.75, 3.05) is 20.3 Å². The van der Waals surface area contributed by atoms with Crippen LogP contribution in [0, 0.1) is 6.92 Å². The average Bonchev–Trinajstić information content (AvgIpc) is 2.88. The smallest absolute Gasteiger partial charge is 0.265 e. The Morgan fingerprint density at radius 1 is 1.08 bits per heavy atom. The van der Waals surface area contributed by atoms with Crippen LogP contribution in [0.5, 0.6) is 11.5 Å². The van der Waals surface area contributed by atoms with E-state index in [1.165, 1.54) is 16.7 Å². The molecule has 1 amide bonds. The van der Waals surface area contributed by atoms with Gasteiger partial charge in [0.15, 0.2) is 0 Å². The molecule has 2 aromatic rings. The van der Waals surface area contributed by atoms with E-state index in [4.69, 9.17) is 21.7 Å². The Balaban J connectivity index is 1.51. The van der Waals surface area contributed by atoms with E-state index in [1.54, 1.807) is 7.05 Å². The quantitative estimate of drug-likeness (QED) is 0.421. The molecule has 1 aliphatic rings. The molecular weight excluding hydrogens is 366 g/mol. The van der Waals surface area contributed by atoms with E-state index in [1.807, 2.05) is 61.5 Å². The van der Waals surface area contributed by atoms with Crippen LogP contribution in [0.25, 0.3) is 6.08 Å². The first-order chi connectivity index (χ1) is 12.5. The molecule has 0 saturated carbocycles. The fourth-order valence-electron chi connectivity index (χ4n) is 2.39. The minimum atomic E-state index is -0.0614. The van der Waals surface area contributed by atoms with Crippen molar-refractivity contribution in [1.29, 1.82) is 0 Å². The highest BCUT2D eigenvalue weighted by atomic mass is 32.2. The molecule has 4 nitrogen and oxygen atoms in total. The molecule has 0 radical (unpaired) electrons. The van der Waals surface area contributed by atoms with Crippen LogP contribution in [-0.2, 0) is 4.79 Å². The number of ether oxygens (including phenoxy) is 2. The monoisotopic (exact) mass is 385 g/mol. The van der Waals surface area contributed by atoms with Gasteiger partial charge in [-0.15, -0.1) is 0 Å². The van der Waals surface area contributed by atoms with Crippen LogP contribution >= 0.6 is 24.0 Å². The lowest BCUT2D eigenvalue weighted by molar-refractivity contribution is -0.121. The Hall–Kier alpha value is -2.31. The zero-order valence-electron chi connectivity index (χ0n) is 14.6. The Labute approximate surface area is 162 Å². The van der Waals surface area contributed by atoms with Crippen LogP contribution in [0.1, 0.15) is 11.1 Å². The van der Waals surface area contributed by atoms with Crippen LogP contribution in [0.15, 0.2) is 53.4 Å². The fourth-order valence-corrected chi connectivity index (χ4v) is 3.57. The normalized spacial score (nSPS) is 15.6. The van der Waals surface area contributed by atoms with Gasteiger partial charge in [0.1, 0.15) is 29.0 Å². The Morgan fingerprint density at radius 3 is 2.42 bits per heavy atom. The van der Waals surface area contributed by atoms with E-state index in [2.05, 4.69) is 0 Å². The molecule has 0 spiro atoms. The SMILES string of the molecule is Cc1ccccc1OCCOc1ccc(/C=C2\SC(=S)N(C)C2=O)cc1. The maximum atomic E-state index is 12.0. The number of thioether (sulfide) groups is 1. The van der Waals surface area contributed by atoms with E-state index < -0.39 is 0 Å². The van der Waals surface area contributed by atoms with Gasteiger partial charge < -0.3 is 9.47 Å². The van der Waals surface area contributed by atoms with E-state index in [9.17, 15) is 4.79 Å². The number of amides is 1. The summed E-state index contributed by atoms with van der Waals surface area (Å²) < 4.78 is 12.0. The van der Waals surface area contributed by atoms with Gasteiger partial charge in [-0.25, -0.2) is 0 Å². The molecule has 0 aromatic heterocycles. The van der Waals surface area contributed by atoms with Gasteiger partial charge in [0.2, 0.25) is 0 Å². The van der Waals surface area contributed by atoms with Crippen molar-refractivity contribution in [2.24, 2.45) is 0 Å². The zero-order chi connectivity index (χ0) is 18.5. The summed E-state index contributed by atoms with van der Waals surface area (Å²) in [5.41, 5.74) is 2.04. The first-order valence-electron chi connectivity index (χ1n) is 8.17. The van der Waals surface area contributed by atoms with Gasteiger partial charge in [-0.05, 0) is 42.3 Å². The third-order valence-electron chi connectivity index (χ3n) is 3.87. The molecular formula is C20H19NO3S2. The van der Waals surface area contributed by atoms with E-state index in [0.717, 1.165) is 22.6 Å². The van der Waals surface area contributed by atoms with Crippen LogP contribution < -0.4 is 9.47 Å². The molecule has 0 N–H and O–H groups in total. The Morgan fingerprint density at radius 2 is 1.77 bits per heavy atom. The molecule has 3 rings (SSSR count). The summed E-state index contributed by atoms with van der Waals surface area (Å²) in [4.78, 5) is 14.1. The summed E-state index contributed by atoms with van der Waals surface area (Å²) in [6, 6.07) is 15.5. The van der Waals surface area contributed by atoms with Gasteiger partial charge in [0.05, 0.1) is 4.91 Å². The third kappa shape index (κ3) is 4.45. The van der Waals surface area contributed by atoms with E-state index in [0.29, 0.717) is 22.4 Å². The molecule has 134 valence electrons. The number of carbonyl (C=O) groups excluding carboxylic acids is 1. The number of carbonyl (C=O) groups is 1. The summed E-state index contributed by atoms with van der Waals surface area (Å²) in [5, 5.41) is 0. The highest BCUT2D eigenvalue weighted by Gasteiger charge is 2.28. The predicted octanol–water partition coefficient (Wildman–Crippen LogP) is 4.28. The summed E-state index contributed by atoms with van der Waals surface area (Å²) in [6.07, 6.45) is 1.84. The molecule has 26 heavy (non-hydrogen) atoms. The van der Waals surface area contributed by atoms with E-state index >= 15 is 0 Å². The number of hydrogen-bond donors (Lipinski definition) is 0. The number of rotatable bonds is 6. The van der Waals surface area contributed by atoms with E-state index in [-0.39, 0.29) is 5.91 Å². The van der Waals surface area contributed by atoms with Gasteiger partial charge in [-0.1, -0.05) is 54.3 Å². The molecule has 1 fully saturated rings. The third-order valence-corrected chi connectivity index (χ3v) is 5.35. The second-order valence-corrected chi connectivity index (χ2v) is 7.45. The molecule has 1 aliphatic heterocycles. The number of aryl methyl sites for hydroxylation is 1. The number of nitrogens with zero attached hydrogens (tertiary/aromatic N) is 1. The van der Waals surface area contributed by atoms with Gasteiger partial charge in [0, 0.05) is 7.05 Å². The number of para-hydroxylation sites is 1. The average molecular weight is 386 g/mol. The van der Waals surface area contributed by atoms with Crippen molar-refractivity contribution in [1.82, 2.24) is 4.90 Å². The van der Waals surface area contributed by atoms with Crippen molar-refractivity contribution in [3.8, 4) is 11.5 Å². The van der Waals surface area contributed by atoms with Crippen molar-refractivity contribution in [3.05, 3.63) is 64.6 Å². The number of hydrogen-bond acceptors (Lipinski definition) is 5. The van der Waals surface area contributed by atoms with Crippen LogP contribution in [0.3, 0.4) is 0 Å². The fraction of sp³-hybridized carbons (Fsp3) is 0.200. The number of likely N-dealkylation sites (N-methyl/N-ethyl adjacent to an activating group) is 1. The zero-order valence-corrected chi connectivity index (χ0v) is 16.2. The van der Waals surface area contributed by atoms with Gasteiger partial charge in [0.25, 0.3) is 5.91 Å². The van der Waals surface area contributed by atoms with Crippen LogP contribution in [0.4, 0.5) is 0 Å². The lowest BCUT2D eigenvalue weighted by atomic mass is 10.2. The highest BCUT2D eigenvalue weighted by molar-refractivity contribution is 8.26. The maximum Gasteiger partial charge on any atom is 0.265 e. The highest BCUT2D eigenvalue weighted by Crippen LogP contribution is 2.31. The first-order valence-corrected chi connectivity index (χ1v) is 9.40. The van der Waals surface area contributed by atoms with Crippen molar-refractivity contribution < 1.29 is 14.3 Å². The number of benzene rings is 2. The molecule has 0 atom stereocenters. The Bertz CT molecular complexity index is 846. The molecule has 0 unspecified atom stereocenters. The lowest BCUT2D eigenvalue weighted by Crippen LogP contribution is -2.22. The predicted molar refractivity (Wildman–Crippen MR) is 110 cm³/mol. The van der Waals surface area contributed by atoms with Gasteiger partial charge in [-0.3, -0.25) is 9.69 Å². The molecule has 6 heteroatoms. The summed E-state index contributed by atoms with van der Waals surface area (Å²) >= 11 is 6.45. The maximum absolute atomic E-state index is 12.0. The van der Waals surface area contributed by atoms with Gasteiger partial charge >= 0.3 is 0 Å². The molecule has 0 aliphatic carbocycles.